The summed E-state index contributed by atoms with van der Waals surface area (Å²) in [7, 11) is -7.58. The summed E-state index contributed by atoms with van der Waals surface area (Å²) in [6.45, 7) is 16.5. The molecule has 0 aliphatic heterocycles. The predicted octanol–water partition coefficient (Wildman–Crippen LogP) is 7.31. The van der Waals surface area contributed by atoms with Gasteiger partial charge in [-0.15, -0.1) is 0 Å². The van der Waals surface area contributed by atoms with Crippen LogP contribution in [0.1, 0.15) is 66.5 Å². The van der Waals surface area contributed by atoms with Crippen molar-refractivity contribution in [1.82, 2.24) is 0 Å². The fourth-order valence-corrected chi connectivity index (χ4v) is 11.5. The van der Waals surface area contributed by atoms with Gasteiger partial charge in [-0.25, -0.2) is 16.8 Å². The Balaban J connectivity index is 1.53. The van der Waals surface area contributed by atoms with Crippen LogP contribution in [0.15, 0.2) is 78.7 Å². The summed E-state index contributed by atoms with van der Waals surface area (Å²) in [5, 5.41) is 0. The molecule has 0 unspecified atom stereocenters. The van der Waals surface area contributed by atoms with Crippen molar-refractivity contribution in [2.24, 2.45) is 22.7 Å². The SMILES string of the molecule is CC(C)(C)c1ccc(S(=O)(=O)C2=C[C@]3(C)C(Br)=C(S(=O)(=O)c4ccc(C(C)(C)C)cc4)[C@@H]4[C@H]2[C@@]43C)cc1. The van der Waals surface area contributed by atoms with Crippen LogP contribution in [0.25, 0.3) is 0 Å². The molecule has 0 amide bonds. The number of fused-ring (bicyclic) bond motifs is 1. The Morgan fingerprint density at radius 3 is 1.46 bits per heavy atom. The van der Waals surface area contributed by atoms with Crippen LogP contribution in [-0.2, 0) is 30.5 Å². The van der Waals surface area contributed by atoms with Crippen molar-refractivity contribution in [3.05, 3.63) is 80.0 Å². The highest BCUT2D eigenvalue weighted by atomic mass is 79.9. The molecule has 3 aliphatic rings. The quantitative estimate of drug-likeness (QED) is 0.368. The van der Waals surface area contributed by atoms with E-state index in [4.69, 9.17) is 0 Å². The van der Waals surface area contributed by atoms with Crippen molar-refractivity contribution < 1.29 is 16.8 Å². The summed E-state index contributed by atoms with van der Waals surface area (Å²) in [5.41, 5.74) is 0.749. The Morgan fingerprint density at radius 1 is 0.676 bits per heavy atom. The largest absolute Gasteiger partial charge is 0.219 e. The van der Waals surface area contributed by atoms with E-state index in [0.29, 0.717) is 14.3 Å². The van der Waals surface area contributed by atoms with Gasteiger partial charge in [-0.2, -0.15) is 0 Å². The van der Waals surface area contributed by atoms with Gasteiger partial charge >= 0.3 is 0 Å². The molecular weight excluding hydrogens is 568 g/mol. The van der Waals surface area contributed by atoms with E-state index in [1.165, 1.54) is 0 Å². The maximum atomic E-state index is 13.9. The summed E-state index contributed by atoms with van der Waals surface area (Å²) >= 11 is 3.64. The van der Waals surface area contributed by atoms with Crippen LogP contribution in [0.4, 0.5) is 0 Å². The highest BCUT2D eigenvalue weighted by Gasteiger charge is 2.82. The molecule has 2 aromatic rings. The molecule has 5 rings (SSSR count). The molecule has 2 aromatic carbocycles. The third-order valence-electron chi connectivity index (χ3n) is 8.99. The van der Waals surface area contributed by atoms with Gasteiger partial charge in [0, 0.05) is 21.7 Å². The van der Waals surface area contributed by atoms with E-state index in [2.05, 4.69) is 57.5 Å². The van der Waals surface area contributed by atoms with Crippen LogP contribution in [0.3, 0.4) is 0 Å². The first-order chi connectivity index (χ1) is 16.8. The molecule has 3 aliphatic carbocycles. The lowest BCUT2D eigenvalue weighted by Gasteiger charge is -2.27. The van der Waals surface area contributed by atoms with Crippen LogP contribution >= 0.6 is 15.9 Å². The molecule has 0 heterocycles. The van der Waals surface area contributed by atoms with Gasteiger partial charge in [0.2, 0.25) is 19.7 Å². The van der Waals surface area contributed by atoms with Crippen molar-refractivity contribution >= 4 is 35.6 Å². The summed E-state index contributed by atoms with van der Waals surface area (Å²) in [4.78, 5) is 1.17. The van der Waals surface area contributed by atoms with Crippen LogP contribution in [0.2, 0.25) is 0 Å². The molecule has 0 bridgehead atoms. The lowest BCUT2D eigenvalue weighted by molar-refractivity contribution is 0.329. The number of hydrogen-bond donors (Lipinski definition) is 0. The molecule has 37 heavy (non-hydrogen) atoms. The zero-order valence-electron chi connectivity index (χ0n) is 22.7. The van der Waals surface area contributed by atoms with Gasteiger partial charge in [0.05, 0.1) is 19.6 Å². The fraction of sp³-hybridized carbons (Fsp3) is 0.467. The molecule has 0 aromatic heterocycles. The minimum atomic E-state index is -3.81. The lowest BCUT2D eigenvalue weighted by atomic mass is 9.79. The number of halogens is 1. The molecule has 1 saturated carbocycles. The van der Waals surface area contributed by atoms with E-state index < -0.39 is 30.5 Å². The second kappa shape index (κ2) is 7.70. The lowest BCUT2D eigenvalue weighted by Crippen LogP contribution is -2.21. The molecular formula is C30H35BrO4S2. The summed E-state index contributed by atoms with van der Waals surface area (Å²) in [5.74, 6) is -0.729. The summed E-state index contributed by atoms with van der Waals surface area (Å²) in [6.07, 6.45) is 1.80. The minimum absolute atomic E-state index is 0.0836. The Bertz CT molecular complexity index is 1580. The molecule has 4 nitrogen and oxygen atoms in total. The Kier molecular flexibility index (Phi) is 5.59. The average Bonchev–Trinajstić information content (AvgIpc) is 3.29. The molecule has 198 valence electrons. The zero-order valence-corrected chi connectivity index (χ0v) is 25.9. The van der Waals surface area contributed by atoms with Crippen LogP contribution in [0.5, 0.6) is 0 Å². The smallest absolute Gasteiger partial charge is 0.203 e. The van der Waals surface area contributed by atoms with Gasteiger partial charge < -0.3 is 0 Å². The van der Waals surface area contributed by atoms with Crippen molar-refractivity contribution in [3.63, 3.8) is 0 Å². The van der Waals surface area contributed by atoms with E-state index in [1.54, 1.807) is 30.3 Å². The van der Waals surface area contributed by atoms with Crippen molar-refractivity contribution in [3.8, 4) is 0 Å². The van der Waals surface area contributed by atoms with Crippen LogP contribution < -0.4 is 0 Å². The monoisotopic (exact) mass is 602 g/mol. The topological polar surface area (TPSA) is 68.3 Å². The van der Waals surface area contributed by atoms with E-state index >= 15 is 0 Å². The standard InChI is InChI=1S/C30H35BrO4S2/c1-27(2,3)18-9-13-20(14-10-18)36(32,33)22-17-29(7)26(31)25(24-23(22)30(24,29)8)37(34,35)21-15-11-19(12-16-21)28(4,5)6/h9-17,23-24H,1-8H3/t23-,24-,29+,30-/m0/s1. The first-order valence-electron chi connectivity index (χ1n) is 12.6. The van der Waals surface area contributed by atoms with Crippen molar-refractivity contribution in [2.75, 3.05) is 0 Å². The number of hydrogen-bond acceptors (Lipinski definition) is 4. The van der Waals surface area contributed by atoms with Crippen molar-refractivity contribution in [2.45, 2.75) is 76.0 Å². The zero-order chi connectivity index (χ0) is 27.6. The Morgan fingerprint density at radius 2 is 1.08 bits per heavy atom. The average molecular weight is 604 g/mol. The first-order valence-corrected chi connectivity index (χ1v) is 16.4. The van der Waals surface area contributed by atoms with Crippen molar-refractivity contribution in [1.29, 1.82) is 0 Å². The van der Waals surface area contributed by atoms with Gasteiger partial charge in [-0.3, -0.25) is 0 Å². The minimum Gasteiger partial charge on any atom is -0.219 e. The number of benzene rings is 2. The molecule has 7 heteroatoms. The van der Waals surface area contributed by atoms with Crippen LogP contribution in [0, 0.1) is 22.7 Å². The van der Waals surface area contributed by atoms with Gasteiger partial charge in [0.25, 0.3) is 0 Å². The van der Waals surface area contributed by atoms with E-state index in [9.17, 15) is 16.8 Å². The van der Waals surface area contributed by atoms with Gasteiger partial charge in [0.1, 0.15) is 0 Å². The first kappa shape index (κ1) is 26.9. The van der Waals surface area contributed by atoms with Gasteiger partial charge in [-0.05, 0) is 51.6 Å². The number of sulfone groups is 2. The predicted molar refractivity (Wildman–Crippen MR) is 152 cm³/mol. The molecule has 0 N–H and O–H groups in total. The van der Waals surface area contributed by atoms with Crippen LogP contribution in [-0.4, -0.2) is 16.8 Å². The maximum Gasteiger partial charge on any atom is 0.203 e. The summed E-state index contributed by atoms with van der Waals surface area (Å²) in [6, 6.07) is 14.2. The van der Waals surface area contributed by atoms with E-state index in [1.807, 2.05) is 38.1 Å². The molecule has 0 spiro atoms. The molecule has 0 radical (unpaired) electrons. The maximum absolute atomic E-state index is 13.9. The number of rotatable bonds is 4. The second-order valence-corrected chi connectivity index (χ2v) is 17.9. The Hall–Kier alpha value is -1.70. The normalized spacial score (nSPS) is 29.4. The molecule has 1 fully saturated rings. The number of allylic oxidation sites excluding steroid dienone is 4. The van der Waals surface area contributed by atoms with E-state index in [-0.39, 0.29) is 32.5 Å². The third-order valence-corrected chi connectivity index (χ3v) is 14.3. The third kappa shape index (κ3) is 3.56. The molecule has 4 atom stereocenters. The second-order valence-electron chi connectivity index (χ2n) is 13.2. The van der Waals surface area contributed by atoms with Gasteiger partial charge in [-0.1, -0.05) is 102 Å². The van der Waals surface area contributed by atoms with E-state index in [0.717, 1.165) is 11.1 Å². The summed E-state index contributed by atoms with van der Waals surface area (Å²) < 4.78 is 56.2. The molecule has 0 saturated heterocycles. The highest BCUT2D eigenvalue weighted by Crippen LogP contribution is 2.85. The fourth-order valence-electron chi connectivity index (χ4n) is 6.33. The highest BCUT2D eigenvalue weighted by molar-refractivity contribution is 9.11. The van der Waals surface area contributed by atoms with Gasteiger partial charge in [0.15, 0.2) is 0 Å². The Labute approximate surface area is 230 Å².